The van der Waals surface area contributed by atoms with Crippen molar-refractivity contribution >= 4 is 0 Å². The molecule has 0 amide bonds. The van der Waals surface area contributed by atoms with Gasteiger partial charge in [-0.05, 0) is 31.5 Å². The Labute approximate surface area is 122 Å². The molecule has 0 bridgehead atoms. The summed E-state index contributed by atoms with van der Waals surface area (Å²) in [4.78, 5) is 0. The van der Waals surface area contributed by atoms with Crippen molar-refractivity contribution in [3.05, 3.63) is 23.3 Å². The van der Waals surface area contributed by atoms with Crippen molar-refractivity contribution in [2.24, 2.45) is 0 Å². The summed E-state index contributed by atoms with van der Waals surface area (Å²) in [6.45, 7) is 3.66. The quantitative estimate of drug-likeness (QED) is 0.929. The monoisotopic (exact) mass is 303 g/mol. The fourth-order valence-corrected chi connectivity index (χ4v) is 2.88. The van der Waals surface area contributed by atoms with Gasteiger partial charge in [0.05, 0.1) is 14.2 Å². The van der Waals surface area contributed by atoms with Crippen LogP contribution < -0.4 is 14.8 Å². The molecule has 1 N–H and O–H groups in total. The van der Waals surface area contributed by atoms with Gasteiger partial charge in [-0.1, -0.05) is 6.92 Å². The van der Waals surface area contributed by atoms with Crippen LogP contribution in [0.1, 0.15) is 30.9 Å². The van der Waals surface area contributed by atoms with E-state index in [2.05, 4.69) is 5.32 Å². The molecule has 0 radical (unpaired) electrons. The van der Waals surface area contributed by atoms with Gasteiger partial charge in [0.2, 0.25) is 0 Å². The van der Waals surface area contributed by atoms with Crippen LogP contribution in [0.3, 0.4) is 0 Å². The molecular formula is C15H20F3NO2. The second-order valence-electron chi connectivity index (χ2n) is 5.59. The van der Waals surface area contributed by atoms with Crippen LogP contribution in [-0.4, -0.2) is 27.3 Å². The predicted octanol–water partition coefficient (Wildman–Crippen LogP) is 3.36. The minimum absolute atomic E-state index is 0.162. The maximum absolute atomic E-state index is 13.1. The van der Waals surface area contributed by atoms with Crippen LogP contribution in [0.4, 0.5) is 13.2 Å². The van der Waals surface area contributed by atoms with Crippen molar-refractivity contribution < 1.29 is 22.6 Å². The Hall–Kier alpha value is -1.43. The van der Waals surface area contributed by atoms with Crippen molar-refractivity contribution in [2.75, 3.05) is 27.3 Å². The van der Waals surface area contributed by atoms with E-state index in [4.69, 9.17) is 9.47 Å². The molecule has 1 unspecified atom stereocenters. The van der Waals surface area contributed by atoms with E-state index >= 15 is 0 Å². The Bertz CT molecular complexity index is 508. The predicted molar refractivity (Wildman–Crippen MR) is 74.0 cm³/mol. The molecule has 1 saturated heterocycles. The fraction of sp³-hybridized carbons (Fsp3) is 0.600. The Balaban J connectivity index is 2.56. The number of benzene rings is 1. The third-order valence-corrected chi connectivity index (χ3v) is 4.07. The lowest BCUT2D eigenvalue weighted by Gasteiger charge is -2.36. The lowest BCUT2D eigenvalue weighted by atomic mass is 9.75. The number of ether oxygens (including phenoxy) is 2. The first-order chi connectivity index (χ1) is 9.81. The van der Waals surface area contributed by atoms with E-state index in [0.29, 0.717) is 6.54 Å². The second kappa shape index (κ2) is 5.75. The standard InChI is InChI=1S/C15H20F3NO2/c1-14(5-4-6-19-9-14)10-7-13(21-3)11(15(16,17)18)8-12(10)20-2/h7-8,19H,4-6,9H2,1-3H3. The highest BCUT2D eigenvalue weighted by Crippen LogP contribution is 2.44. The summed E-state index contributed by atoms with van der Waals surface area (Å²) in [6, 6.07) is 2.50. The van der Waals surface area contributed by atoms with Crippen LogP contribution in [0.5, 0.6) is 11.5 Å². The average Bonchev–Trinajstić information content (AvgIpc) is 2.45. The Morgan fingerprint density at radius 2 is 1.81 bits per heavy atom. The molecule has 1 heterocycles. The van der Waals surface area contributed by atoms with Gasteiger partial charge in [-0.15, -0.1) is 0 Å². The van der Waals surface area contributed by atoms with Crippen molar-refractivity contribution in [3.8, 4) is 11.5 Å². The highest BCUT2D eigenvalue weighted by atomic mass is 19.4. The molecule has 1 atom stereocenters. The zero-order valence-corrected chi connectivity index (χ0v) is 12.4. The third kappa shape index (κ3) is 3.10. The Morgan fingerprint density at radius 3 is 2.29 bits per heavy atom. The lowest BCUT2D eigenvalue weighted by Crippen LogP contribution is -2.41. The average molecular weight is 303 g/mol. The molecule has 1 aliphatic rings. The highest BCUT2D eigenvalue weighted by molar-refractivity contribution is 5.51. The molecule has 0 spiro atoms. The molecule has 0 aliphatic carbocycles. The fourth-order valence-electron chi connectivity index (χ4n) is 2.88. The maximum Gasteiger partial charge on any atom is 0.420 e. The number of hydrogen-bond donors (Lipinski definition) is 1. The van der Waals surface area contributed by atoms with E-state index in [1.165, 1.54) is 20.3 Å². The largest absolute Gasteiger partial charge is 0.496 e. The molecule has 2 rings (SSSR count). The zero-order chi connectivity index (χ0) is 15.7. The van der Waals surface area contributed by atoms with Crippen LogP contribution in [0, 0.1) is 0 Å². The van der Waals surface area contributed by atoms with Crippen LogP contribution >= 0.6 is 0 Å². The van der Waals surface area contributed by atoms with E-state index < -0.39 is 11.7 Å². The number of nitrogens with one attached hydrogen (secondary N) is 1. The third-order valence-electron chi connectivity index (χ3n) is 4.07. The number of methoxy groups -OCH3 is 2. The summed E-state index contributed by atoms with van der Waals surface area (Å²) in [5.74, 6) is 0.0967. The molecule has 1 aliphatic heterocycles. The van der Waals surface area contributed by atoms with E-state index in [-0.39, 0.29) is 16.9 Å². The highest BCUT2D eigenvalue weighted by Gasteiger charge is 2.38. The normalized spacial score (nSPS) is 23.0. The van der Waals surface area contributed by atoms with Gasteiger partial charge in [0.25, 0.3) is 0 Å². The molecule has 21 heavy (non-hydrogen) atoms. The summed E-state index contributed by atoms with van der Waals surface area (Å²) in [6.07, 6.45) is -2.60. The number of hydrogen-bond acceptors (Lipinski definition) is 3. The molecule has 1 fully saturated rings. The number of alkyl halides is 3. The van der Waals surface area contributed by atoms with E-state index in [9.17, 15) is 13.2 Å². The van der Waals surface area contributed by atoms with E-state index in [0.717, 1.165) is 31.0 Å². The van der Waals surface area contributed by atoms with Crippen LogP contribution in [0.25, 0.3) is 0 Å². The molecular weight excluding hydrogens is 283 g/mol. The summed E-state index contributed by atoms with van der Waals surface area (Å²) in [5, 5.41) is 3.29. The lowest BCUT2D eigenvalue weighted by molar-refractivity contribution is -0.138. The van der Waals surface area contributed by atoms with Crippen molar-refractivity contribution in [1.82, 2.24) is 5.32 Å². The van der Waals surface area contributed by atoms with Crippen molar-refractivity contribution in [2.45, 2.75) is 31.4 Å². The first kappa shape index (κ1) is 15.9. The Morgan fingerprint density at radius 1 is 1.14 bits per heavy atom. The van der Waals surface area contributed by atoms with E-state index in [1.807, 2.05) is 6.92 Å². The van der Waals surface area contributed by atoms with Gasteiger partial charge < -0.3 is 14.8 Å². The molecule has 3 nitrogen and oxygen atoms in total. The smallest absolute Gasteiger partial charge is 0.420 e. The topological polar surface area (TPSA) is 30.5 Å². The second-order valence-corrected chi connectivity index (χ2v) is 5.59. The minimum Gasteiger partial charge on any atom is -0.496 e. The molecule has 0 saturated carbocycles. The van der Waals surface area contributed by atoms with Gasteiger partial charge in [-0.2, -0.15) is 13.2 Å². The first-order valence-electron chi connectivity index (χ1n) is 6.86. The van der Waals surface area contributed by atoms with Crippen molar-refractivity contribution in [1.29, 1.82) is 0 Å². The van der Waals surface area contributed by atoms with E-state index in [1.54, 1.807) is 0 Å². The minimum atomic E-state index is -4.47. The maximum atomic E-state index is 13.1. The Kier molecular flexibility index (Phi) is 4.37. The molecule has 1 aromatic carbocycles. The summed E-state index contributed by atoms with van der Waals surface area (Å²) >= 11 is 0. The van der Waals surface area contributed by atoms with Gasteiger partial charge >= 0.3 is 6.18 Å². The van der Waals surface area contributed by atoms with Crippen molar-refractivity contribution in [3.63, 3.8) is 0 Å². The summed E-state index contributed by atoms with van der Waals surface area (Å²) < 4.78 is 49.4. The molecule has 1 aromatic rings. The first-order valence-corrected chi connectivity index (χ1v) is 6.86. The number of rotatable bonds is 3. The van der Waals surface area contributed by atoms with Gasteiger partial charge in [0.15, 0.2) is 0 Å². The molecule has 6 heteroatoms. The van der Waals surface area contributed by atoms with Gasteiger partial charge in [-0.25, -0.2) is 0 Å². The number of piperidine rings is 1. The summed E-state index contributed by atoms with van der Waals surface area (Å²) in [7, 11) is 2.65. The van der Waals surface area contributed by atoms with Gasteiger partial charge in [0, 0.05) is 17.5 Å². The van der Waals surface area contributed by atoms with Gasteiger partial charge in [0.1, 0.15) is 17.1 Å². The SMILES string of the molecule is COc1cc(C2(C)CCCNC2)c(OC)cc1C(F)(F)F. The van der Waals surface area contributed by atoms with Crippen LogP contribution in [-0.2, 0) is 11.6 Å². The number of halogens is 3. The molecule has 118 valence electrons. The summed E-state index contributed by atoms with van der Waals surface area (Å²) in [5.41, 5.74) is -0.318. The zero-order valence-electron chi connectivity index (χ0n) is 12.4. The van der Waals surface area contributed by atoms with Crippen LogP contribution in [0.2, 0.25) is 0 Å². The van der Waals surface area contributed by atoms with Gasteiger partial charge in [-0.3, -0.25) is 0 Å². The van der Waals surface area contributed by atoms with Crippen LogP contribution in [0.15, 0.2) is 12.1 Å². The molecule has 0 aromatic heterocycles.